The van der Waals surface area contributed by atoms with Crippen LogP contribution in [-0.2, 0) is 23.9 Å². The summed E-state index contributed by atoms with van der Waals surface area (Å²) in [5, 5.41) is 11.9. The number of likely N-dealkylation sites (tertiary alicyclic amines) is 1. The Labute approximate surface area is 243 Å². The highest BCUT2D eigenvalue weighted by atomic mass is 16.6. The van der Waals surface area contributed by atoms with E-state index in [1.54, 1.807) is 32.8 Å². The Bertz CT molecular complexity index is 978. The van der Waals surface area contributed by atoms with Crippen molar-refractivity contribution in [3.05, 3.63) is 29.8 Å². The van der Waals surface area contributed by atoms with Gasteiger partial charge in [0.15, 0.2) is 0 Å². The van der Waals surface area contributed by atoms with Crippen molar-refractivity contribution in [2.75, 3.05) is 40.8 Å². The van der Waals surface area contributed by atoms with E-state index in [4.69, 9.17) is 14.6 Å². The molecule has 1 aromatic rings. The highest BCUT2D eigenvalue weighted by Crippen LogP contribution is 2.13. The van der Waals surface area contributed by atoms with Crippen LogP contribution in [0.2, 0.25) is 0 Å². The first kappa shape index (κ1) is 37.2. The molecule has 2 atom stereocenters. The van der Waals surface area contributed by atoms with Gasteiger partial charge in [-0.25, -0.2) is 9.59 Å². The van der Waals surface area contributed by atoms with E-state index in [1.165, 1.54) is 24.6 Å². The van der Waals surface area contributed by atoms with Gasteiger partial charge in [0.05, 0.1) is 19.7 Å². The third-order valence-electron chi connectivity index (χ3n) is 5.89. The van der Waals surface area contributed by atoms with Crippen LogP contribution >= 0.6 is 0 Å². The molecule has 0 bridgehead atoms. The van der Waals surface area contributed by atoms with Crippen LogP contribution in [0.1, 0.15) is 59.4 Å². The third kappa shape index (κ3) is 14.9. The summed E-state index contributed by atoms with van der Waals surface area (Å²) in [5.41, 5.74) is 0.650. The average molecular weight is 581 g/mol. The summed E-state index contributed by atoms with van der Waals surface area (Å²) < 4.78 is 10.2. The number of nitrogens with zero attached hydrogens (tertiary/aromatic N) is 3. The molecule has 2 rings (SSSR count). The van der Waals surface area contributed by atoms with Crippen molar-refractivity contribution in [3.63, 3.8) is 0 Å². The Morgan fingerprint density at radius 1 is 1.15 bits per heavy atom. The van der Waals surface area contributed by atoms with E-state index < -0.39 is 29.6 Å². The Balaban J connectivity index is 0.00000121. The highest BCUT2D eigenvalue weighted by molar-refractivity contribution is 5.85. The number of hydrogen-bond acceptors (Lipinski definition) is 7. The molecule has 1 aromatic carbocycles. The summed E-state index contributed by atoms with van der Waals surface area (Å²) >= 11 is 0. The maximum atomic E-state index is 12.5. The van der Waals surface area contributed by atoms with Crippen molar-refractivity contribution in [2.45, 2.75) is 78.5 Å². The van der Waals surface area contributed by atoms with Crippen molar-refractivity contribution in [2.24, 2.45) is 0 Å². The number of aryl methyl sites for hydroxylation is 1. The monoisotopic (exact) mass is 580 g/mol. The van der Waals surface area contributed by atoms with Gasteiger partial charge in [0.1, 0.15) is 17.4 Å². The second-order valence-corrected chi connectivity index (χ2v) is 10.4. The van der Waals surface area contributed by atoms with Crippen LogP contribution < -0.4 is 10.1 Å². The number of nitrogens with one attached hydrogen (secondary N) is 1. The maximum Gasteiger partial charge on any atom is 0.407 e. The Morgan fingerprint density at radius 2 is 1.73 bits per heavy atom. The number of aliphatic carboxylic acids is 1. The fourth-order valence-electron chi connectivity index (χ4n) is 3.67. The number of amides is 4. The van der Waals surface area contributed by atoms with Gasteiger partial charge in [0.2, 0.25) is 18.2 Å². The summed E-state index contributed by atoms with van der Waals surface area (Å²) in [6.07, 6.45) is 0.282. The molecule has 0 aliphatic carbocycles. The van der Waals surface area contributed by atoms with Crippen LogP contribution in [0.5, 0.6) is 5.75 Å². The van der Waals surface area contributed by atoms with Gasteiger partial charge < -0.3 is 34.6 Å². The number of benzene rings is 1. The van der Waals surface area contributed by atoms with Crippen molar-refractivity contribution in [3.8, 4) is 5.75 Å². The van der Waals surface area contributed by atoms with Crippen LogP contribution in [0.15, 0.2) is 24.3 Å². The van der Waals surface area contributed by atoms with E-state index in [0.717, 1.165) is 10.6 Å². The number of hydrogen-bond donors (Lipinski definition) is 2. The Morgan fingerprint density at radius 3 is 2.22 bits per heavy atom. The minimum Gasteiger partial charge on any atom is -0.497 e. The van der Waals surface area contributed by atoms with Crippen LogP contribution in [-0.4, -0.2) is 109 Å². The van der Waals surface area contributed by atoms with Crippen molar-refractivity contribution >= 4 is 30.3 Å². The van der Waals surface area contributed by atoms with E-state index in [9.17, 15) is 24.0 Å². The van der Waals surface area contributed by atoms with E-state index in [0.29, 0.717) is 25.9 Å². The van der Waals surface area contributed by atoms with Gasteiger partial charge in [-0.1, -0.05) is 31.5 Å². The van der Waals surface area contributed by atoms with Crippen LogP contribution in [0.3, 0.4) is 0 Å². The summed E-state index contributed by atoms with van der Waals surface area (Å²) in [6, 6.07) is 6.64. The lowest BCUT2D eigenvalue weighted by Crippen LogP contribution is -2.44. The molecule has 232 valence electrons. The largest absolute Gasteiger partial charge is 0.497 e. The van der Waals surface area contributed by atoms with E-state index in [2.05, 4.69) is 12.2 Å². The number of methoxy groups -OCH3 is 1. The SMILES string of the molecule is CC.CN(CC(=O)N1CCC(NC(=O)OC(C)(C)C)C1)C(=O)CCC(C(=O)O)N(C)C=O.COc1ccc(C)cc1. The molecule has 1 aliphatic heterocycles. The molecule has 2 unspecified atom stereocenters. The summed E-state index contributed by atoms with van der Waals surface area (Å²) in [7, 11) is 4.47. The summed E-state index contributed by atoms with van der Waals surface area (Å²) in [6.45, 7) is 12.0. The number of ether oxygens (including phenoxy) is 2. The Kier molecular flexibility index (Phi) is 16.8. The molecule has 41 heavy (non-hydrogen) atoms. The van der Waals surface area contributed by atoms with Gasteiger partial charge in [0.25, 0.3) is 0 Å². The number of rotatable bonds is 10. The first-order chi connectivity index (χ1) is 19.2. The zero-order valence-corrected chi connectivity index (χ0v) is 25.9. The van der Waals surface area contributed by atoms with Gasteiger partial charge in [-0.15, -0.1) is 0 Å². The van der Waals surface area contributed by atoms with Gasteiger partial charge >= 0.3 is 12.1 Å². The molecule has 1 fully saturated rings. The zero-order valence-electron chi connectivity index (χ0n) is 25.9. The van der Waals surface area contributed by atoms with Crippen molar-refractivity contribution in [1.29, 1.82) is 0 Å². The summed E-state index contributed by atoms with van der Waals surface area (Å²) in [5.74, 6) is -0.937. The first-order valence-corrected chi connectivity index (χ1v) is 13.7. The number of carboxylic acids is 1. The van der Waals surface area contributed by atoms with E-state index in [1.807, 2.05) is 38.1 Å². The molecule has 12 heteroatoms. The first-order valence-electron chi connectivity index (χ1n) is 13.7. The standard InChI is InChI=1S/C19H32N4O7.C8H10O.C2H6/c1-19(2,3)30-18(29)20-13-8-9-23(10-13)16(26)11-21(4)15(25)7-6-14(17(27)28)22(5)12-24;1-7-3-5-8(9-2)6-4-7;1-2/h12-14H,6-11H2,1-5H3,(H,20,29)(H,27,28);3-6H,1-2H3;1-2H3. The lowest BCUT2D eigenvalue weighted by atomic mass is 10.1. The molecule has 12 nitrogen and oxygen atoms in total. The predicted molar refractivity (Wildman–Crippen MR) is 156 cm³/mol. The Hall–Kier alpha value is -3.83. The smallest absolute Gasteiger partial charge is 0.407 e. The zero-order chi connectivity index (χ0) is 31.8. The van der Waals surface area contributed by atoms with Crippen LogP contribution in [0.25, 0.3) is 0 Å². The fourth-order valence-corrected chi connectivity index (χ4v) is 3.67. The van der Waals surface area contributed by atoms with Crippen LogP contribution in [0, 0.1) is 6.92 Å². The topological polar surface area (TPSA) is 146 Å². The second kappa shape index (κ2) is 18.5. The molecule has 0 spiro atoms. The average Bonchev–Trinajstić information content (AvgIpc) is 3.37. The molecule has 1 saturated heterocycles. The molecule has 1 aliphatic rings. The van der Waals surface area contributed by atoms with Crippen molar-refractivity contribution < 1.29 is 38.6 Å². The van der Waals surface area contributed by atoms with Gasteiger partial charge in [0, 0.05) is 33.6 Å². The molecule has 0 aromatic heterocycles. The second-order valence-electron chi connectivity index (χ2n) is 10.4. The van der Waals surface area contributed by atoms with Crippen molar-refractivity contribution in [1.82, 2.24) is 20.0 Å². The third-order valence-corrected chi connectivity index (χ3v) is 5.89. The minimum absolute atomic E-state index is 0.0481. The van der Waals surface area contributed by atoms with Gasteiger partial charge in [-0.05, 0) is 52.7 Å². The molecule has 0 radical (unpaired) electrons. The van der Waals surface area contributed by atoms with Gasteiger partial charge in [-0.2, -0.15) is 0 Å². The van der Waals surface area contributed by atoms with Gasteiger partial charge in [-0.3, -0.25) is 14.4 Å². The quantitative estimate of drug-likeness (QED) is 0.402. The molecular formula is C29H48N4O8. The fraction of sp³-hybridized carbons (Fsp3) is 0.621. The molecule has 0 saturated carbocycles. The molecule has 1 heterocycles. The highest BCUT2D eigenvalue weighted by Gasteiger charge is 2.30. The van der Waals surface area contributed by atoms with E-state index in [-0.39, 0.29) is 31.3 Å². The molecular weight excluding hydrogens is 532 g/mol. The number of carbonyl (C=O) groups is 5. The number of alkyl carbamates (subject to hydrolysis) is 1. The van der Waals surface area contributed by atoms with E-state index >= 15 is 0 Å². The molecule has 4 amide bonds. The molecule has 2 N–H and O–H groups in total. The number of likely N-dealkylation sites (N-methyl/N-ethyl adjacent to an activating group) is 2. The van der Waals surface area contributed by atoms with Crippen LogP contribution in [0.4, 0.5) is 4.79 Å². The maximum absolute atomic E-state index is 12.5. The minimum atomic E-state index is -1.20. The lowest BCUT2D eigenvalue weighted by molar-refractivity contribution is -0.146. The predicted octanol–water partition coefficient (Wildman–Crippen LogP) is 2.92. The number of carbonyl (C=O) groups excluding carboxylic acids is 4. The summed E-state index contributed by atoms with van der Waals surface area (Å²) in [4.78, 5) is 62.3. The lowest BCUT2D eigenvalue weighted by Gasteiger charge is -2.24. The number of carboxylic acid groups (broad SMARTS) is 1. The normalized spacial score (nSPS) is 14.7.